The van der Waals surface area contributed by atoms with Gasteiger partial charge in [0, 0.05) is 6.42 Å². The average molecular weight is 177 g/mol. The maximum Gasteiger partial charge on any atom is 0.324 e. The van der Waals surface area contributed by atoms with E-state index in [1.807, 2.05) is 6.07 Å². The Labute approximate surface area is 74.7 Å². The van der Waals surface area contributed by atoms with Gasteiger partial charge in [0.1, 0.15) is 11.7 Å². The number of rotatable bonds is 1. The molecule has 0 N–H and O–H groups in total. The number of ether oxygens (including phenoxy) is 1. The molecule has 1 saturated heterocycles. The maximum atomic E-state index is 11.0. The smallest absolute Gasteiger partial charge is 0.324 e. The molecule has 1 aromatic rings. The van der Waals surface area contributed by atoms with Gasteiger partial charge in [-0.05, 0) is 12.1 Å². The molecule has 2 heterocycles. The predicted molar refractivity (Wildman–Crippen MR) is 41.3 cm³/mol. The highest BCUT2D eigenvalue weighted by molar-refractivity contribution is 5.77. The Bertz CT molecular complexity index is 349. The van der Waals surface area contributed by atoms with Crippen LogP contribution in [0.25, 0.3) is 0 Å². The summed E-state index contributed by atoms with van der Waals surface area (Å²) in [4.78, 5) is 11.0. The summed E-state index contributed by atoms with van der Waals surface area (Å²) in [5, 5.41) is 8.57. The van der Waals surface area contributed by atoms with E-state index in [9.17, 15) is 4.79 Å². The van der Waals surface area contributed by atoms with Crippen LogP contribution < -0.4 is 0 Å². The molecule has 2 rings (SSSR count). The van der Waals surface area contributed by atoms with Gasteiger partial charge in [0.25, 0.3) is 0 Å². The van der Waals surface area contributed by atoms with Gasteiger partial charge in [0.05, 0.1) is 12.3 Å². The van der Waals surface area contributed by atoms with Gasteiger partial charge in [0.2, 0.25) is 0 Å². The summed E-state index contributed by atoms with van der Waals surface area (Å²) < 4.78 is 10.0. The normalized spacial score (nSPS) is 26.8. The van der Waals surface area contributed by atoms with E-state index >= 15 is 0 Å². The molecule has 66 valence electrons. The Hall–Kier alpha value is -1.76. The topological polar surface area (TPSA) is 63.2 Å². The Morgan fingerprint density at radius 3 is 3.00 bits per heavy atom. The first kappa shape index (κ1) is 7.87. The van der Waals surface area contributed by atoms with Crippen LogP contribution in [-0.4, -0.2) is 5.97 Å². The summed E-state index contributed by atoms with van der Waals surface area (Å²) in [6.45, 7) is 0. The zero-order valence-electron chi connectivity index (χ0n) is 6.77. The van der Waals surface area contributed by atoms with Gasteiger partial charge in [0.15, 0.2) is 6.10 Å². The number of nitrogens with zero attached hydrogens (tertiary/aromatic N) is 1. The van der Waals surface area contributed by atoms with Crippen molar-refractivity contribution < 1.29 is 13.9 Å². The van der Waals surface area contributed by atoms with E-state index in [2.05, 4.69) is 0 Å². The molecular weight excluding hydrogens is 170 g/mol. The second-order valence-electron chi connectivity index (χ2n) is 2.86. The number of furan rings is 1. The lowest BCUT2D eigenvalue weighted by Crippen LogP contribution is -2.03. The van der Waals surface area contributed by atoms with Crippen LogP contribution in [0.4, 0.5) is 0 Å². The van der Waals surface area contributed by atoms with E-state index in [-0.39, 0.29) is 6.10 Å². The lowest BCUT2D eigenvalue weighted by molar-refractivity contribution is -0.143. The third-order valence-electron chi connectivity index (χ3n) is 2.01. The highest BCUT2D eigenvalue weighted by Gasteiger charge is 2.36. The fraction of sp³-hybridized carbons (Fsp3) is 0.333. The van der Waals surface area contributed by atoms with Crippen molar-refractivity contribution >= 4 is 5.97 Å². The summed E-state index contributed by atoms with van der Waals surface area (Å²) in [5.74, 6) is -0.495. The van der Waals surface area contributed by atoms with Crippen molar-refractivity contribution in [2.75, 3.05) is 0 Å². The quantitative estimate of drug-likeness (QED) is 0.608. The van der Waals surface area contributed by atoms with E-state index < -0.39 is 11.9 Å². The second kappa shape index (κ2) is 2.94. The minimum atomic E-state index is -0.643. The molecule has 0 saturated carbocycles. The lowest BCUT2D eigenvalue weighted by atomic mass is 10.1. The first-order valence-electron chi connectivity index (χ1n) is 3.95. The molecule has 0 aliphatic carbocycles. The van der Waals surface area contributed by atoms with E-state index in [4.69, 9.17) is 14.4 Å². The van der Waals surface area contributed by atoms with Crippen molar-refractivity contribution in [3.63, 3.8) is 0 Å². The van der Waals surface area contributed by atoms with Gasteiger partial charge >= 0.3 is 5.97 Å². The van der Waals surface area contributed by atoms with Crippen molar-refractivity contribution in [2.45, 2.75) is 12.5 Å². The summed E-state index contributed by atoms with van der Waals surface area (Å²) in [5.41, 5.74) is 0. The fourth-order valence-electron chi connectivity index (χ4n) is 1.33. The van der Waals surface area contributed by atoms with Crippen LogP contribution in [-0.2, 0) is 9.53 Å². The number of cyclic esters (lactones) is 1. The van der Waals surface area contributed by atoms with Gasteiger partial charge < -0.3 is 9.15 Å². The van der Waals surface area contributed by atoms with E-state index in [1.54, 1.807) is 12.1 Å². The van der Waals surface area contributed by atoms with Gasteiger partial charge in [-0.3, -0.25) is 4.79 Å². The minimum Gasteiger partial charge on any atom is -0.465 e. The van der Waals surface area contributed by atoms with Gasteiger partial charge in [-0.2, -0.15) is 5.26 Å². The first-order chi connectivity index (χ1) is 6.31. The number of carbonyl (C=O) groups excluding carboxylic acids is 1. The second-order valence-corrected chi connectivity index (χ2v) is 2.86. The minimum absolute atomic E-state index is 0.382. The molecule has 0 spiro atoms. The third kappa shape index (κ3) is 1.29. The Balaban J connectivity index is 2.15. The fourth-order valence-corrected chi connectivity index (χ4v) is 1.33. The monoisotopic (exact) mass is 177 g/mol. The molecule has 1 aliphatic rings. The summed E-state index contributed by atoms with van der Waals surface area (Å²) >= 11 is 0. The van der Waals surface area contributed by atoms with Crippen molar-refractivity contribution in [3.05, 3.63) is 24.2 Å². The van der Waals surface area contributed by atoms with Crippen LogP contribution in [0.1, 0.15) is 18.3 Å². The average Bonchev–Trinajstić information content (AvgIpc) is 2.71. The van der Waals surface area contributed by atoms with Crippen LogP contribution in [0.5, 0.6) is 0 Å². The van der Waals surface area contributed by atoms with Crippen LogP contribution in [0.2, 0.25) is 0 Å². The zero-order chi connectivity index (χ0) is 9.26. The molecule has 2 unspecified atom stereocenters. The van der Waals surface area contributed by atoms with Gasteiger partial charge in [-0.1, -0.05) is 0 Å². The van der Waals surface area contributed by atoms with Crippen LogP contribution in [0.3, 0.4) is 0 Å². The molecule has 1 fully saturated rings. The molecule has 1 aliphatic heterocycles. The Morgan fingerprint density at radius 1 is 1.62 bits per heavy atom. The Kier molecular flexibility index (Phi) is 1.78. The number of nitriles is 1. The van der Waals surface area contributed by atoms with E-state index in [1.165, 1.54) is 6.26 Å². The zero-order valence-corrected chi connectivity index (χ0v) is 6.77. The summed E-state index contributed by atoms with van der Waals surface area (Å²) in [7, 11) is 0. The number of carbonyl (C=O) groups is 1. The standard InChI is InChI=1S/C9H7NO3/c10-5-6-4-8(13-9(6)11)7-2-1-3-12-7/h1-3,6,8H,4H2. The molecule has 0 amide bonds. The maximum absolute atomic E-state index is 11.0. The van der Waals surface area contributed by atoms with E-state index in [0.717, 1.165) is 0 Å². The molecule has 1 aromatic heterocycles. The SMILES string of the molecule is N#CC1CC(c2ccco2)OC1=O. The largest absolute Gasteiger partial charge is 0.465 e. The van der Waals surface area contributed by atoms with Gasteiger partial charge in [-0.15, -0.1) is 0 Å². The van der Waals surface area contributed by atoms with Crippen LogP contribution in [0, 0.1) is 17.2 Å². The highest BCUT2D eigenvalue weighted by atomic mass is 16.6. The number of esters is 1. The van der Waals surface area contributed by atoms with Crippen molar-refractivity contribution in [1.82, 2.24) is 0 Å². The molecular formula is C9H7NO3. The number of hydrogen-bond donors (Lipinski definition) is 0. The van der Waals surface area contributed by atoms with Crippen molar-refractivity contribution in [1.29, 1.82) is 5.26 Å². The predicted octanol–water partition coefficient (Wildman–Crippen LogP) is 1.41. The third-order valence-corrected chi connectivity index (χ3v) is 2.01. The lowest BCUT2D eigenvalue weighted by Gasteiger charge is -2.02. The number of hydrogen-bond acceptors (Lipinski definition) is 4. The molecule has 0 radical (unpaired) electrons. The Morgan fingerprint density at radius 2 is 2.46 bits per heavy atom. The summed E-state index contributed by atoms with van der Waals surface area (Å²) in [6.07, 6.45) is 1.53. The van der Waals surface area contributed by atoms with Crippen molar-refractivity contribution in [3.8, 4) is 6.07 Å². The molecule has 4 heteroatoms. The van der Waals surface area contributed by atoms with Crippen LogP contribution >= 0.6 is 0 Å². The van der Waals surface area contributed by atoms with Gasteiger partial charge in [-0.25, -0.2) is 0 Å². The van der Waals surface area contributed by atoms with Crippen LogP contribution in [0.15, 0.2) is 22.8 Å². The molecule has 2 atom stereocenters. The van der Waals surface area contributed by atoms with E-state index in [0.29, 0.717) is 12.2 Å². The highest BCUT2D eigenvalue weighted by Crippen LogP contribution is 2.32. The van der Waals surface area contributed by atoms with Crippen molar-refractivity contribution in [2.24, 2.45) is 5.92 Å². The summed E-state index contributed by atoms with van der Waals surface area (Å²) in [6, 6.07) is 5.35. The first-order valence-corrected chi connectivity index (χ1v) is 3.95. The molecule has 4 nitrogen and oxygen atoms in total. The molecule has 13 heavy (non-hydrogen) atoms. The molecule has 0 bridgehead atoms. The molecule has 0 aromatic carbocycles.